The number of ether oxygens (including phenoxy) is 1. The summed E-state index contributed by atoms with van der Waals surface area (Å²) in [6.45, 7) is 3.19. The van der Waals surface area contributed by atoms with Crippen LogP contribution in [0.3, 0.4) is 0 Å². The summed E-state index contributed by atoms with van der Waals surface area (Å²) in [5.41, 5.74) is 1.09. The number of hydrogen-bond donors (Lipinski definition) is 1. The van der Waals surface area contributed by atoms with Crippen LogP contribution in [0, 0.1) is 6.92 Å². The van der Waals surface area contributed by atoms with Gasteiger partial charge in [-0.05, 0) is 31.4 Å². The lowest BCUT2D eigenvalue weighted by Gasteiger charge is -2.10. The molecule has 122 valence electrons. The molecule has 3 heterocycles. The maximum absolute atomic E-state index is 12.0. The van der Waals surface area contributed by atoms with Crippen molar-refractivity contribution in [3.8, 4) is 0 Å². The number of rotatable bonds is 5. The Labute approximate surface area is 137 Å². The maximum atomic E-state index is 12.0. The van der Waals surface area contributed by atoms with Gasteiger partial charge in [0.2, 0.25) is 5.91 Å². The Balaban J connectivity index is 1.59. The predicted octanol–water partition coefficient (Wildman–Crippen LogP) is 0.785. The van der Waals surface area contributed by atoms with E-state index in [1.54, 1.807) is 12.3 Å². The van der Waals surface area contributed by atoms with Crippen LogP contribution < -0.4 is 11.0 Å². The van der Waals surface area contributed by atoms with Gasteiger partial charge < -0.3 is 10.1 Å². The van der Waals surface area contributed by atoms with Gasteiger partial charge in [0.25, 0.3) is 0 Å². The Morgan fingerprint density at radius 3 is 3.13 bits per heavy atom. The van der Waals surface area contributed by atoms with Crippen molar-refractivity contribution < 1.29 is 9.53 Å². The average molecular weight is 334 g/mol. The Kier molecular flexibility index (Phi) is 4.92. The largest absolute Gasteiger partial charge is 0.376 e. The molecule has 0 bridgehead atoms. The standard InChI is InChI=1S/C15H18N4O3S/c1-10-4-5-12-17-14(18-15(21)19(12)8-10)23-9-13(20)16-7-11-3-2-6-22-11/h4-5,8,11H,2-3,6-7,9H2,1H3,(H,16,20)/t11-/m0/s1. The Hall–Kier alpha value is -1.93. The van der Waals surface area contributed by atoms with E-state index in [0.29, 0.717) is 17.3 Å². The van der Waals surface area contributed by atoms with Crippen LogP contribution in [-0.4, -0.2) is 45.3 Å². The van der Waals surface area contributed by atoms with Gasteiger partial charge in [-0.1, -0.05) is 17.8 Å². The molecule has 0 aliphatic carbocycles. The van der Waals surface area contributed by atoms with Gasteiger partial charge in [0.15, 0.2) is 5.16 Å². The number of hydrogen-bond acceptors (Lipinski definition) is 6. The number of pyridine rings is 1. The zero-order chi connectivity index (χ0) is 16.2. The predicted molar refractivity (Wildman–Crippen MR) is 86.7 cm³/mol. The van der Waals surface area contributed by atoms with Crippen molar-refractivity contribution in [1.82, 2.24) is 19.7 Å². The summed E-state index contributed by atoms with van der Waals surface area (Å²) in [5, 5.41) is 3.14. The fourth-order valence-corrected chi connectivity index (χ4v) is 3.04. The van der Waals surface area contributed by atoms with Gasteiger partial charge >= 0.3 is 5.69 Å². The first-order valence-electron chi connectivity index (χ1n) is 7.50. The summed E-state index contributed by atoms with van der Waals surface area (Å²) in [7, 11) is 0. The van der Waals surface area contributed by atoms with Crippen LogP contribution in [0.5, 0.6) is 0 Å². The van der Waals surface area contributed by atoms with Gasteiger partial charge in [-0.3, -0.25) is 9.20 Å². The van der Waals surface area contributed by atoms with Crippen LogP contribution in [0.4, 0.5) is 0 Å². The van der Waals surface area contributed by atoms with Crippen molar-refractivity contribution in [2.24, 2.45) is 0 Å². The topological polar surface area (TPSA) is 85.6 Å². The summed E-state index contributed by atoms with van der Waals surface area (Å²) in [4.78, 5) is 32.0. The molecule has 0 radical (unpaired) electrons. The van der Waals surface area contributed by atoms with Gasteiger partial charge in [0, 0.05) is 19.3 Å². The van der Waals surface area contributed by atoms with E-state index >= 15 is 0 Å². The molecular formula is C15H18N4O3S. The molecule has 0 saturated carbocycles. The van der Waals surface area contributed by atoms with Crippen LogP contribution >= 0.6 is 11.8 Å². The lowest BCUT2D eigenvalue weighted by atomic mass is 10.2. The fourth-order valence-electron chi connectivity index (χ4n) is 2.38. The second-order valence-electron chi connectivity index (χ2n) is 5.45. The molecule has 2 aromatic heterocycles. The number of aromatic nitrogens is 3. The second kappa shape index (κ2) is 7.10. The monoisotopic (exact) mass is 334 g/mol. The number of nitrogens with zero attached hydrogens (tertiary/aromatic N) is 3. The van der Waals surface area contributed by atoms with Gasteiger partial charge in [0.1, 0.15) is 5.65 Å². The lowest BCUT2D eigenvalue weighted by molar-refractivity contribution is -0.119. The molecule has 1 aliphatic heterocycles. The molecule has 0 aromatic carbocycles. The third-order valence-corrected chi connectivity index (χ3v) is 4.41. The highest BCUT2D eigenvalue weighted by molar-refractivity contribution is 7.99. The van der Waals surface area contributed by atoms with E-state index in [4.69, 9.17) is 4.74 Å². The summed E-state index contributed by atoms with van der Waals surface area (Å²) in [5.74, 6) is 0.0620. The number of nitrogens with one attached hydrogen (secondary N) is 1. The van der Waals surface area contributed by atoms with Gasteiger partial charge in [-0.2, -0.15) is 4.98 Å². The summed E-state index contributed by atoms with van der Waals surface area (Å²) < 4.78 is 6.85. The van der Waals surface area contributed by atoms with Crippen molar-refractivity contribution >= 4 is 23.3 Å². The SMILES string of the molecule is Cc1ccc2nc(SCC(=O)NC[C@@H]3CCCO3)nc(=O)n2c1. The van der Waals surface area contributed by atoms with E-state index in [-0.39, 0.29) is 23.5 Å². The minimum Gasteiger partial charge on any atom is -0.376 e. The quantitative estimate of drug-likeness (QED) is 0.814. The van der Waals surface area contributed by atoms with Gasteiger partial charge in [-0.25, -0.2) is 9.78 Å². The fraction of sp³-hybridized carbons (Fsp3) is 0.467. The first kappa shape index (κ1) is 15.9. The van der Waals surface area contributed by atoms with E-state index in [2.05, 4.69) is 15.3 Å². The zero-order valence-electron chi connectivity index (χ0n) is 12.8. The summed E-state index contributed by atoms with van der Waals surface area (Å²) in [6, 6.07) is 3.64. The molecule has 2 aromatic rings. The molecule has 1 amide bonds. The molecule has 23 heavy (non-hydrogen) atoms. The highest BCUT2D eigenvalue weighted by atomic mass is 32.2. The van der Waals surface area contributed by atoms with E-state index in [1.165, 1.54) is 4.40 Å². The first-order chi connectivity index (χ1) is 11.1. The van der Waals surface area contributed by atoms with Crippen molar-refractivity contribution in [3.05, 3.63) is 34.4 Å². The maximum Gasteiger partial charge on any atom is 0.355 e. The number of aryl methyl sites for hydroxylation is 1. The second-order valence-corrected chi connectivity index (χ2v) is 6.39. The van der Waals surface area contributed by atoms with Crippen LogP contribution in [0.1, 0.15) is 18.4 Å². The third kappa shape index (κ3) is 4.08. The van der Waals surface area contributed by atoms with E-state index in [9.17, 15) is 9.59 Å². The number of amides is 1. The number of carbonyl (C=O) groups is 1. The lowest BCUT2D eigenvalue weighted by Crippen LogP contribution is -2.33. The highest BCUT2D eigenvalue weighted by Gasteiger charge is 2.16. The molecule has 3 rings (SSSR count). The number of fused-ring (bicyclic) bond motifs is 1. The Morgan fingerprint density at radius 1 is 1.48 bits per heavy atom. The van der Waals surface area contributed by atoms with Crippen molar-refractivity contribution in [2.45, 2.75) is 31.0 Å². The van der Waals surface area contributed by atoms with Gasteiger partial charge in [0.05, 0.1) is 11.9 Å². The smallest absolute Gasteiger partial charge is 0.355 e. The molecule has 1 N–H and O–H groups in total. The molecule has 1 aliphatic rings. The Bertz CT molecular complexity index is 771. The molecule has 7 nitrogen and oxygen atoms in total. The van der Waals surface area contributed by atoms with Crippen LogP contribution in [-0.2, 0) is 9.53 Å². The molecule has 1 saturated heterocycles. The molecular weight excluding hydrogens is 316 g/mol. The third-order valence-electron chi connectivity index (χ3n) is 3.57. The minimum atomic E-state index is -0.388. The van der Waals surface area contributed by atoms with Crippen molar-refractivity contribution in [3.63, 3.8) is 0 Å². The van der Waals surface area contributed by atoms with E-state index < -0.39 is 0 Å². The van der Waals surface area contributed by atoms with Crippen molar-refractivity contribution in [1.29, 1.82) is 0 Å². The van der Waals surface area contributed by atoms with Crippen LogP contribution in [0.15, 0.2) is 28.3 Å². The van der Waals surface area contributed by atoms with Gasteiger partial charge in [-0.15, -0.1) is 0 Å². The number of thioether (sulfide) groups is 1. The molecule has 0 spiro atoms. The number of carbonyl (C=O) groups excluding carboxylic acids is 1. The van der Waals surface area contributed by atoms with Crippen LogP contribution in [0.25, 0.3) is 5.65 Å². The molecule has 8 heteroatoms. The zero-order valence-corrected chi connectivity index (χ0v) is 13.6. The summed E-state index contributed by atoms with van der Waals surface area (Å²) >= 11 is 1.16. The molecule has 1 fully saturated rings. The average Bonchev–Trinajstić information content (AvgIpc) is 3.05. The van der Waals surface area contributed by atoms with E-state index in [0.717, 1.165) is 36.8 Å². The first-order valence-corrected chi connectivity index (χ1v) is 8.48. The normalized spacial score (nSPS) is 17.5. The van der Waals surface area contributed by atoms with E-state index in [1.807, 2.05) is 13.0 Å². The molecule has 0 unspecified atom stereocenters. The Morgan fingerprint density at radius 2 is 2.35 bits per heavy atom. The summed E-state index contributed by atoms with van der Waals surface area (Å²) in [6.07, 6.45) is 3.84. The minimum absolute atomic E-state index is 0.113. The molecule has 1 atom stereocenters. The highest BCUT2D eigenvalue weighted by Crippen LogP contribution is 2.13. The van der Waals surface area contributed by atoms with Crippen molar-refractivity contribution in [2.75, 3.05) is 18.9 Å². The van der Waals surface area contributed by atoms with Crippen LogP contribution in [0.2, 0.25) is 0 Å².